The summed E-state index contributed by atoms with van der Waals surface area (Å²) in [5.74, 6) is 1.85. The number of aromatic nitrogens is 1. The largest absolute Gasteiger partial charge is 0.455 e. The van der Waals surface area contributed by atoms with Gasteiger partial charge in [0.1, 0.15) is 11.5 Å². The van der Waals surface area contributed by atoms with E-state index in [1.165, 1.54) is 11.1 Å². The molecule has 2 aromatic heterocycles. The molecule has 0 aliphatic carbocycles. The van der Waals surface area contributed by atoms with Gasteiger partial charge in [0.15, 0.2) is 0 Å². The number of rotatable bonds is 2. The maximum Gasteiger partial charge on any atom is 0.139 e. The highest BCUT2D eigenvalue weighted by Crippen LogP contribution is 2.35. The summed E-state index contributed by atoms with van der Waals surface area (Å²) in [6.45, 7) is 4.19. The van der Waals surface area contributed by atoms with E-state index in [9.17, 15) is 0 Å². The fourth-order valence-corrected chi connectivity index (χ4v) is 2.23. The lowest BCUT2D eigenvalue weighted by molar-refractivity contribution is 0.594. The minimum atomic E-state index is 0.907. The molecule has 0 atom stereocenters. The molecule has 2 heterocycles. The molecule has 2 heteroatoms. The van der Waals surface area contributed by atoms with Gasteiger partial charge in [-0.3, -0.25) is 4.98 Å². The van der Waals surface area contributed by atoms with Crippen LogP contribution in [0.4, 0.5) is 0 Å². The van der Waals surface area contributed by atoms with Crippen molar-refractivity contribution in [3.8, 4) is 22.6 Å². The first-order valence-electron chi connectivity index (χ1n) is 6.33. The monoisotopic (exact) mass is 249 g/mol. The Balaban J connectivity index is 2.16. The molecule has 0 unspecified atom stereocenters. The molecule has 0 aliphatic heterocycles. The highest BCUT2D eigenvalue weighted by Gasteiger charge is 2.16. The van der Waals surface area contributed by atoms with Crippen LogP contribution in [0.1, 0.15) is 11.1 Å². The second kappa shape index (κ2) is 4.73. The molecule has 3 rings (SSSR count). The van der Waals surface area contributed by atoms with Gasteiger partial charge in [0, 0.05) is 23.5 Å². The molecule has 2 nitrogen and oxygen atoms in total. The predicted octanol–water partition coefficient (Wildman–Crippen LogP) is 4.63. The molecule has 19 heavy (non-hydrogen) atoms. The van der Waals surface area contributed by atoms with Gasteiger partial charge in [0.05, 0.1) is 0 Å². The smallest absolute Gasteiger partial charge is 0.139 e. The van der Waals surface area contributed by atoms with Gasteiger partial charge in [0.25, 0.3) is 0 Å². The van der Waals surface area contributed by atoms with Crippen LogP contribution in [-0.2, 0) is 0 Å². The molecule has 0 amide bonds. The third-order valence-corrected chi connectivity index (χ3v) is 3.41. The van der Waals surface area contributed by atoms with Crippen LogP contribution in [0.2, 0.25) is 0 Å². The molecule has 0 saturated carbocycles. The molecule has 94 valence electrons. The van der Waals surface area contributed by atoms with E-state index in [-0.39, 0.29) is 0 Å². The van der Waals surface area contributed by atoms with Crippen molar-refractivity contribution < 1.29 is 4.42 Å². The predicted molar refractivity (Wildman–Crippen MR) is 76.8 cm³/mol. The highest BCUT2D eigenvalue weighted by molar-refractivity contribution is 5.71. The van der Waals surface area contributed by atoms with Gasteiger partial charge < -0.3 is 4.42 Å². The number of nitrogens with zero attached hydrogens (tertiary/aromatic N) is 1. The molecule has 1 aromatic carbocycles. The van der Waals surface area contributed by atoms with Crippen molar-refractivity contribution >= 4 is 0 Å². The molecule has 3 aromatic rings. The van der Waals surface area contributed by atoms with Crippen molar-refractivity contribution in [3.05, 3.63) is 66.0 Å². The SMILES string of the molecule is Cc1c(-c2ccccc2)oc(-c2cccnc2)c1C. The zero-order valence-corrected chi connectivity index (χ0v) is 11.1. The van der Waals surface area contributed by atoms with Crippen LogP contribution < -0.4 is 0 Å². The van der Waals surface area contributed by atoms with Crippen molar-refractivity contribution in [2.45, 2.75) is 13.8 Å². The maximum absolute atomic E-state index is 6.08. The zero-order chi connectivity index (χ0) is 13.2. The second-order valence-electron chi connectivity index (χ2n) is 4.62. The number of benzene rings is 1. The van der Waals surface area contributed by atoms with Crippen LogP contribution in [0.3, 0.4) is 0 Å². The van der Waals surface area contributed by atoms with Gasteiger partial charge in [0.2, 0.25) is 0 Å². The first-order chi connectivity index (χ1) is 9.27. The van der Waals surface area contributed by atoms with Gasteiger partial charge in [-0.05, 0) is 37.1 Å². The first-order valence-corrected chi connectivity index (χ1v) is 6.33. The number of furan rings is 1. The van der Waals surface area contributed by atoms with Crippen LogP contribution in [0.15, 0.2) is 59.3 Å². The minimum Gasteiger partial charge on any atom is -0.455 e. The fourth-order valence-electron chi connectivity index (χ4n) is 2.23. The molecule has 0 fully saturated rings. The number of hydrogen-bond acceptors (Lipinski definition) is 2. The topological polar surface area (TPSA) is 26.0 Å². The van der Waals surface area contributed by atoms with Gasteiger partial charge in [-0.1, -0.05) is 30.3 Å². The molecule has 0 saturated heterocycles. The van der Waals surface area contributed by atoms with Crippen molar-refractivity contribution in [1.29, 1.82) is 0 Å². The van der Waals surface area contributed by atoms with E-state index in [4.69, 9.17) is 4.42 Å². The van der Waals surface area contributed by atoms with Crippen LogP contribution in [0.5, 0.6) is 0 Å². The van der Waals surface area contributed by atoms with Gasteiger partial charge >= 0.3 is 0 Å². The van der Waals surface area contributed by atoms with E-state index in [0.29, 0.717) is 0 Å². The third kappa shape index (κ3) is 2.06. The van der Waals surface area contributed by atoms with E-state index in [1.807, 2.05) is 36.5 Å². The second-order valence-corrected chi connectivity index (χ2v) is 4.62. The van der Waals surface area contributed by atoms with Gasteiger partial charge in [-0.25, -0.2) is 0 Å². The molecular formula is C17H15NO. The molecule has 0 spiro atoms. The Bertz CT molecular complexity index is 624. The average molecular weight is 249 g/mol. The van der Waals surface area contributed by atoms with Crippen molar-refractivity contribution in [2.75, 3.05) is 0 Å². The summed E-state index contributed by atoms with van der Waals surface area (Å²) < 4.78 is 6.08. The lowest BCUT2D eigenvalue weighted by Gasteiger charge is -1.98. The summed E-state index contributed by atoms with van der Waals surface area (Å²) in [7, 11) is 0. The summed E-state index contributed by atoms with van der Waals surface area (Å²) in [5, 5.41) is 0. The Morgan fingerprint density at radius 2 is 1.42 bits per heavy atom. The lowest BCUT2D eigenvalue weighted by Crippen LogP contribution is -1.80. The zero-order valence-electron chi connectivity index (χ0n) is 11.1. The Morgan fingerprint density at radius 3 is 2.05 bits per heavy atom. The minimum absolute atomic E-state index is 0.907. The number of pyridine rings is 1. The highest BCUT2D eigenvalue weighted by atomic mass is 16.3. The third-order valence-electron chi connectivity index (χ3n) is 3.41. The normalized spacial score (nSPS) is 10.6. The fraction of sp³-hybridized carbons (Fsp3) is 0.118. The quantitative estimate of drug-likeness (QED) is 0.662. The van der Waals surface area contributed by atoms with Crippen molar-refractivity contribution in [3.63, 3.8) is 0 Å². The summed E-state index contributed by atoms with van der Waals surface area (Å²) in [6, 6.07) is 14.1. The molecular weight excluding hydrogens is 234 g/mol. The lowest BCUT2D eigenvalue weighted by atomic mass is 10.0. The first kappa shape index (κ1) is 11.7. The van der Waals surface area contributed by atoms with E-state index in [2.05, 4.69) is 31.0 Å². The van der Waals surface area contributed by atoms with E-state index >= 15 is 0 Å². The average Bonchev–Trinajstić information content (AvgIpc) is 2.77. The Kier molecular flexibility index (Phi) is 2.92. The van der Waals surface area contributed by atoms with Crippen LogP contribution in [0.25, 0.3) is 22.6 Å². The van der Waals surface area contributed by atoms with Crippen LogP contribution >= 0.6 is 0 Å². The molecule has 0 bridgehead atoms. The van der Waals surface area contributed by atoms with E-state index < -0.39 is 0 Å². The summed E-state index contributed by atoms with van der Waals surface area (Å²) in [6.07, 6.45) is 3.60. The molecule has 0 N–H and O–H groups in total. The Hall–Kier alpha value is -2.35. The number of hydrogen-bond donors (Lipinski definition) is 0. The summed E-state index contributed by atoms with van der Waals surface area (Å²) in [5.41, 5.74) is 4.49. The van der Waals surface area contributed by atoms with Crippen molar-refractivity contribution in [2.24, 2.45) is 0 Å². The van der Waals surface area contributed by atoms with Gasteiger partial charge in [-0.2, -0.15) is 0 Å². The standard InChI is InChI=1S/C17H15NO/c1-12-13(2)17(15-9-6-10-18-11-15)19-16(12)14-7-4-3-5-8-14/h3-11H,1-2H3. The summed E-state index contributed by atoms with van der Waals surface area (Å²) in [4.78, 5) is 4.15. The van der Waals surface area contributed by atoms with Crippen LogP contribution in [0, 0.1) is 13.8 Å². The van der Waals surface area contributed by atoms with E-state index in [1.54, 1.807) is 6.20 Å². The molecule has 0 radical (unpaired) electrons. The maximum atomic E-state index is 6.08. The Morgan fingerprint density at radius 1 is 0.789 bits per heavy atom. The Labute approximate surface area is 112 Å². The molecule has 0 aliphatic rings. The summed E-state index contributed by atoms with van der Waals surface area (Å²) >= 11 is 0. The van der Waals surface area contributed by atoms with Crippen molar-refractivity contribution in [1.82, 2.24) is 4.98 Å². The van der Waals surface area contributed by atoms with E-state index in [0.717, 1.165) is 22.6 Å². The van der Waals surface area contributed by atoms with Crippen LogP contribution in [-0.4, -0.2) is 4.98 Å². The van der Waals surface area contributed by atoms with Gasteiger partial charge in [-0.15, -0.1) is 0 Å².